The molecule has 0 unspecified atom stereocenters. The first kappa shape index (κ1) is 7.85. The van der Waals surface area contributed by atoms with Gasteiger partial charge in [-0.15, -0.1) is 0 Å². The summed E-state index contributed by atoms with van der Waals surface area (Å²) in [4.78, 5) is 8.32. The summed E-state index contributed by atoms with van der Waals surface area (Å²) in [6.45, 7) is 3.87. The topological polar surface area (TPSA) is 49.6 Å². The predicted octanol–water partition coefficient (Wildman–Crippen LogP) is 1.29. The van der Waals surface area contributed by atoms with E-state index < -0.39 is 0 Å². The molecular formula is C8H11N3. The summed E-state index contributed by atoms with van der Waals surface area (Å²) in [5, 5.41) is 6.88. The molecule has 0 fully saturated rings. The average Bonchev–Trinajstić information content (AvgIpc) is 1.85. The average molecular weight is 149 g/mol. The molecule has 0 bridgehead atoms. The second-order valence-electron chi connectivity index (χ2n) is 2.48. The first-order chi connectivity index (χ1) is 5.22. The minimum atomic E-state index is 0.530. The van der Waals surface area contributed by atoms with Crippen molar-refractivity contribution in [3.05, 3.63) is 23.3 Å². The monoisotopic (exact) mass is 149 g/mol. The van der Waals surface area contributed by atoms with Crippen LogP contribution in [0.5, 0.6) is 0 Å². The van der Waals surface area contributed by atoms with E-state index >= 15 is 0 Å². The highest BCUT2D eigenvalue weighted by molar-refractivity contribution is 5.55. The van der Waals surface area contributed by atoms with Gasteiger partial charge in [0.25, 0.3) is 0 Å². The molecule has 0 radical (unpaired) electrons. The number of aryl methyl sites for hydroxylation is 2. The van der Waals surface area contributed by atoms with Crippen LogP contribution in [-0.2, 0) is 6.42 Å². The van der Waals surface area contributed by atoms with E-state index in [0.717, 1.165) is 17.2 Å². The van der Waals surface area contributed by atoms with Crippen LogP contribution in [-0.4, -0.2) is 16.2 Å². The fourth-order valence-electron chi connectivity index (χ4n) is 0.982. The van der Waals surface area contributed by atoms with E-state index in [0.29, 0.717) is 6.42 Å². The smallest absolute Gasteiger partial charge is 0.134 e. The lowest BCUT2D eigenvalue weighted by Crippen LogP contribution is -1.98. The summed E-state index contributed by atoms with van der Waals surface area (Å²) in [5.41, 5.74) is 1.93. The Morgan fingerprint density at radius 2 is 1.91 bits per heavy atom. The zero-order valence-electron chi connectivity index (χ0n) is 6.76. The Balaban J connectivity index is 2.98. The van der Waals surface area contributed by atoms with Gasteiger partial charge in [-0.3, -0.25) is 0 Å². The molecule has 0 spiro atoms. The van der Waals surface area contributed by atoms with E-state index in [1.54, 1.807) is 0 Å². The zero-order valence-corrected chi connectivity index (χ0v) is 6.76. The van der Waals surface area contributed by atoms with Gasteiger partial charge in [-0.05, 0) is 19.9 Å². The van der Waals surface area contributed by atoms with E-state index in [-0.39, 0.29) is 0 Å². The number of hydrogen-bond acceptors (Lipinski definition) is 3. The molecule has 58 valence electrons. The molecule has 1 aromatic heterocycles. The molecule has 0 amide bonds. The number of nitrogens with zero attached hydrogens (tertiary/aromatic N) is 2. The molecule has 0 aliphatic carbocycles. The van der Waals surface area contributed by atoms with Gasteiger partial charge in [0.05, 0.1) is 0 Å². The molecule has 11 heavy (non-hydrogen) atoms. The van der Waals surface area contributed by atoms with Crippen LogP contribution >= 0.6 is 0 Å². The lowest BCUT2D eigenvalue weighted by atomic mass is 10.3. The van der Waals surface area contributed by atoms with Crippen molar-refractivity contribution in [2.24, 2.45) is 0 Å². The van der Waals surface area contributed by atoms with Crippen molar-refractivity contribution < 1.29 is 0 Å². The molecule has 0 atom stereocenters. The van der Waals surface area contributed by atoms with Crippen molar-refractivity contribution in [2.45, 2.75) is 20.3 Å². The van der Waals surface area contributed by atoms with Crippen molar-refractivity contribution in [2.75, 3.05) is 0 Å². The molecule has 1 rings (SSSR count). The lowest BCUT2D eigenvalue weighted by Gasteiger charge is -1.98. The number of hydrogen-bond donors (Lipinski definition) is 1. The maximum Gasteiger partial charge on any atom is 0.134 e. The summed E-state index contributed by atoms with van der Waals surface area (Å²) < 4.78 is 0. The van der Waals surface area contributed by atoms with Gasteiger partial charge in [0.2, 0.25) is 0 Å². The number of nitrogens with one attached hydrogen (secondary N) is 1. The van der Waals surface area contributed by atoms with E-state index in [9.17, 15) is 0 Å². The molecule has 0 saturated carbocycles. The van der Waals surface area contributed by atoms with Crippen molar-refractivity contribution in [1.82, 2.24) is 9.97 Å². The van der Waals surface area contributed by atoms with Crippen LogP contribution in [0.3, 0.4) is 0 Å². The van der Waals surface area contributed by atoms with Crippen LogP contribution < -0.4 is 0 Å². The fraction of sp³-hybridized carbons (Fsp3) is 0.375. The first-order valence-electron chi connectivity index (χ1n) is 3.52. The van der Waals surface area contributed by atoms with Crippen LogP contribution in [0.15, 0.2) is 6.07 Å². The highest BCUT2D eigenvalue weighted by Gasteiger charge is 1.95. The molecule has 0 saturated heterocycles. The van der Waals surface area contributed by atoms with E-state index in [1.807, 2.05) is 19.9 Å². The van der Waals surface area contributed by atoms with E-state index in [1.165, 1.54) is 6.21 Å². The maximum atomic E-state index is 6.88. The Labute approximate surface area is 66.0 Å². The standard InChI is InChI=1S/C8H11N3/c1-6-5-7(2)11-8(10-6)3-4-9/h4-5,9H,3H2,1-2H3. The maximum absolute atomic E-state index is 6.88. The van der Waals surface area contributed by atoms with Gasteiger partial charge >= 0.3 is 0 Å². The Bertz CT molecular complexity index is 248. The zero-order chi connectivity index (χ0) is 8.27. The van der Waals surface area contributed by atoms with Gasteiger partial charge < -0.3 is 5.41 Å². The molecule has 0 aliphatic heterocycles. The van der Waals surface area contributed by atoms with Crippen LogP contribution in [0.4, 0.5) is 0 Å². The molecule has 1 aromatic rings. The highest BCUT2D eigenvalue weighted by Crippen LogP contribution is 1.98. The minimum absolute atomic E-state index is 0.530. The van der Waals surface area contributed by atoms with Gasteiger partial charge in [0.1, 0.15) is 5.82 Å². The lowest BCUT2D eigenvalue weighted by molar-refractivity contribution is 0.950. The molecule has 0 aromatic carbocycles. The normalized spacial score (nSPS) is 9.64. The molecule has 1 heterocycles. The van der Waals surface area contributed by atoms with Gasteiger partial charge in [-0.25, -0.2) is 9.97 Å². The molecule has 1 N–H and O–H groups in total. The summed E-state index contributed by atoms with van der Waals surface area (Å²) >= 11 is 0. The van der Waals surface area contributed by atoms with Crippen LogP contribution in [0.25, 0.3) is 0 Å². The SMILES string of the molecule is Cc1cc(C)nc(CC=N)n1. The fourth-order valence-corrected chi connectivity index (χ4v) is 0.982. The predicted molar refractivity (Wildman–Crippen MR) is 44.0 cm³/mol. The summed E-state index contributed by atoms with van der Waals surface area (Å²) in [7, 11) is 0. The Kier molecular flexibility index (Phi) is 2.31. The second kappa shape index (κ2) is 3.23. The van der Waals surface area contributed by atoms with Crippen molar-refractivity contribution in [3.8, 4) is 0 Å². The third-order valence-electron chi connectivity index (χ3n) is 1.31. The second-order valence-corrected chi connectivity index (χ2v) is 2.48. The van der Waals surface area contributed by atoms with Crippen molar-refractivity contribution in [3.63, 3.8) is 0 Å². The van der Waals surface area contributed by atoms with E-state index in [4.69, 9.17) is 5.41 Å². The number of aromatic nitrogens is 2. The van der Waals surface area contributed by atoms with E-state index in [2.05, 4.69) is 9.97 Å². The molecule has 3 heteroatoms. The summed E-state index contributed by atoms with van der Waals surface area (Å²) in [6, 6.07) is 1.92. The van der Waals surface area contributed by atoms with Crippen molar-refractivity contribution in [1.29, 1.82) is 5.41 Å². The highest BCUT2D eigenvalue weighted by atomic mass is 14.9. The van der Waals surface area contributed by atoms with Gasteiger partial charge in [-0.1, -0.05) is 0 Å². The minimum Gasteiger partial charge on any atom is -0.313 e. The number of rotatable bonds is 2. The van der Waals surface area contributed by atoms with Gasteiger partial charge in [0.15, 0.2) is 0 Å². The Morgan fingerprint density at radius 3 is 2.36 bits per heavy atom. The third-order valence-corrected chi connectivity index (χ3v) is 1.31. The molecule has 3 nitrogen and oxygen atoms in total. The van der Waals surface area contributed by atoms with Crippen LogP contribution in [0.2, 0.25) is 0 Å². The van der Waals surface area contributed by atoms with Gasteiger partial charge in [-0.2, -0.15) is 0 Å². The van der Waals surface area contributed by atoms with Gasteiger partial charge in [0, 0.05) is 24.0 Å². The summed E-state index contributed by atoms with van der Waals surface area (Å²) in [5.74, 6) is 0.734. The van der Waals surface area contributed by atoms with Crippen molar-refractivity contribution >= 4 is 6.21 Å². The first-order valence-corrected chi connectivity index (χ1v) is 3.52. The van der Waals surface area contributed by atoms with Crippen LogP contribution in [0.1, 0.15) is 17.2 Å². The third kappa shape index (κ3) is 2.11. The molecule has 0 aliphatic rings. The Morgan fingerprint density at radius 1 is 1.36 bits per heavy atom. The Hall–Kier alpha value is -1.25. The summed E-state index contributed by atoms with van der Waals surface area (Å²) in [6.07, 6.45) is 1.84. The molecular weight excluding hydrogens is 138 g/mol. The largest absolute Gasteiger partial charge is 0.313 e. The van der Waals surface area contributed by atoms with Crippen LogP contribution in [0, 0.1) is 19.3 Å². The quantitative estimate of drug-likeness (QED) is 0.644.